The standard InChI is InChI=1S/C46H90O2/c1-3-5-7-9-11-13-15-17-19-21-22-23-24-25-26-27-29-31-33-35-37-39-41-43-45-48-46(47)44-42-40-38-36-34-32-30-28-20-18-16-14-12-10-8-6-4-2/h14,16H,3-13,15,17-45H2,1-2H3. The SMILES string of the molecule is CCCCCCC=CCCCCCCCCCCCC(=O)OCCCCCCCCCCCCCCCCCCCCCCCCCC. The van der Waals surface area contributed by atoms with Crippen LogP contribution in [0.3, 0.4) is 0 Å². The van der Waals surface area contributed by atoms with Crippen LogP contribution >= 0.6 is 0 Å². The van der Waals surface area contributed by atoms with Gasteiger partial charge in [0.05, 0.1) is 6.61 Å². The van der Waals surface area contributed by atoms with E-state index in [0.717, 1.165) is 12.8 Å². The van der Waals surface area contributed by atoms with Crippen LogP contribution < -0.4 is 0 Å². The van der Waals surface area contributed by atoms with Crippen LogP contribution in [0.4, 0.5) is 0 Å². The second-order valence-electron chi connectivity index (χ2n) is 15.4. The molecule has 286 valence electrons. The second kappa shape index (κ2) is 44.2. The van der Waals surface area contributed by atoms with Crippen LogP contribution in [0.2, 0.25) is 0 Å². The lowest BCUT2D eigenvalue weighted by atomic mass is 10.0. The predicted molar refractivity (Wildman–Crippen MR) is 216 cm³/mol. The molecule has 2 heteroatoms. The summed E-state index contributed by atoms with van der Waals surface area (Å²) in [5.74, 6) is 0.0269. The number of hydrogen-bond acceptors (Lipinski definition) is 2. The predicted octanol–water partition coefficient (Wildman–Crippen LogP) is 16.7. The number of hydrogen-bond donors (Lipinski definition) is 0. The van der Waals surface area contributed by atoms with E-state index >= 15 is 0 Å². The summed E-state index contributed by atoms with van der Waals surface area (Å²) in [6.07, 6.45) is 58.9. The Balaban J connectivity index is 3.16. The highest BCUT2D eigenvalue weighted by Crippen LogP contribution is 2.16. The van der Waals surface area contributed by atoms with Crippen molar-refractivity contribution >= 4 is 5.97 Å². The van der Waals surface area contributed by atoms with Gasteiger partial charge in [0.25, 0.3) is 0 Å². The molecule has 0 aromatic heterocycles. The maximum atomic E-state index is 12.0. The molecule has 0 aliphatic carbocycles. The maximum Gasteiger partial charge on any atom is 0.305 e. The van der Waals surface area contributed by atoms with Gasteiger partial charge in [-0.25, -0.2) is 0 Å². The summed E-state index contributed by atoms with van der Waals surface area (Å²) in [6.45, 7) is 5.21. The van der Waals surface area contributed by atoms with Gasteiger partial charge in [-0.15, -0.1) is 0 Å². The minimum Gasteiger partial charge on any atom is -0.466 e. The van der Waals surface area contributed by atoms with E-state index in [1.54, 1.807) is 0 Å². The molecule has 0 saturated carbocycles. The first-order chi connectivity index (χ1) is 23.8. The molecule has 0 aromatic rings. The average Bonchev–Trinajstić information content (AvgIpc) is 3.09. The van der Waals surface area contributed by atoms with Gasteiger partial charge >= 0.3 is 5.97 Å². The van der Waals surface area contributed by atoms with Crippen molar-refractivity contribution in [1.82, 2.24) is 0 Å². The molecule has 0 radical (unpaired) electrons. The average molecular weight is 675 g/mol. The lowest BCUT2D eigenvalue weighted by Gasteiger charge is -2.06. The van der Waals surface area contributed by atoms with Gasteiger partial charge in [-0.2, -0.15) is 0 Å². The normalized spacial score (nSPS) is 11.6. The Morgan fingerprint density at radius 2 is 0.583 bits per heavy atom. The van der Waals surface area contributed by atoms with Crippen molar-refractivity contribution in [1.29, 1.82) is 0 Å². The number of carbonyl (C=O) groups is 1. The maximum absolute atomic E-state index is 12.0. The number of esters is 1. The van der Waals surface area contributed by atoms with E-state index in [4.69, 9.17) is 4.74 Å². The smallest absolute Gasteiger partial charge is 0.305 e. The molecule has 0 aliphatic heterocycles. The molecular formula is C46H90O2. The van der Waals surface area contributed by atoms with Gasteiger partial charge in [0.15, 0.2) is 0 Å². The van der Waals surface area contributed by atoms with Crippen LogP contribution in [0.5, 0.6) is 0 Å². The molecule has 0 spiro atoms. The van der Waals surface area contributed by atoms with Gasteiger partial charge < -0.3 is 4.74 Å². The Kier molecular flexibility index (Phi) is 43.5. The molecule has 0 saturated heterocycles. The molecule has 0 aliphatic rings. The van der Waals surface area contributed by atoms with Crippen molar-refractivity contribution < 1.29 is 9.53 Å². The molecule has 0 N–H and O–H groups in total. The van der Waals surface area contributed by atoms with Crippen LogP contribution in [-0.4, -0.2) is 12.6 Å². The number of carbonyl (C=O) groups excluding carboxylic acids is 1. The fourth-order valence-electron chi connectivity index (χ4n) is 7.02. The lowest BCUT2D eigenvalue weighted by molar-refractivity contribution is -0.143. The van der Waals surface area contributed by atoms with Crippen LogP contribution in [0, 0.1) is 0 Å². The first kappa shape index (κ1) is 47.2. The third kappa shape index (κ3) is 43.2. The van der Waals surface area contributed by atoms with Crippen LogP contribution in [0.15, 0.2) is 12.2 Å². The zero-order valence-corrected chi connectivity index (χ0v) is 33.5. The first-order valence-corrected chi connectivity index (χ1v) is 22.6. The number of ether oxygens (including phenoxy) is 1. The van der Waals surface area contributed by atoms with E-state index in [0.29, 0.717) is 13.0 Å². The van der Waals surface area contributed by atoms with Gasteiger partial charge in [-0.05, 0) is 38.5 Å². The summed E-state index contributed by atoms with van der Waals surface area (Å²) in [5, 5.41) is 0. The highest BCUT2D eigenvalue weighted by atomic mass is 16.5. The molecule has 0 bridgehead atoms. The van der Waals surface area contributed by atoms with Gasteiger partial charge in [-0.3, -0.25) is 4.79 Å². The summed E-state index contributed by atoms with van der Waals surface area (Å²) in [7, 11) is 0. The van der Waals surface area contributed by atoms with E-state index in [1.165, 1.54) is 238 Å². The van der Waals surface area contributed by atoms with E-state index in [1.807, 2.05) is 0 Å². The zero-order valence-electron chi connectivity index (χ0n) is 33.5. The Morgan fingerprint density at radius 1 is 0.333 bits per heavy atom. The molecule has 0 fully saturated rings. The van der Waals surface area contributed by atoms with E-state index in [2.05, 4.69) is 26.0 Å². The minimum absolute atomic E-state index is 0.0269. The summed E-state index contributed by atoms with van der Waals surface area (Å²) in [5.41, 5.74) is 0. The molecule has 0 rings (SSSR count). The van der Waals surface area contributed by atoms with Crippen molar-refractivity contribution in [2.45, 2.75) is 271 Å². The van der Waals surface area contributed by atoms with Gasteiger partial charge in [0.1, 0.15) is 0 Å². The lowest BCUT2D eigenvalue weighted by Crippen LogP contribution is -2.05. The first-order valence-electron chi connectivity index (χ1n) is 22.6. The zero-order chi connectivity index (χ0) is 34.7. The Hall–Kier alpha value is -0.790. The number of rotatable bonds is 42. The molecule has 0 amide bonds. The summed E-state index contributed by atoms with van der Waals surface area (Å²) in [6, 6.07) is 0. The third-order valence-electron chi connectivity index (χ3n) is 10.4. The van der Waals surface area contributed by atoms with Crippen LogP contribution in [0.25, 0.3) is 0 Å². The Labute approximate surface area is 304 Å². The van der Waals surface area contributed by atoms with Crippen molar-refractivity contribution in [2.24, 2.45) is 0 Å². The topological polar surface area (TPSA) is 26.3 Å². The number of unbranched alkanes of at least 4 members (excludes halogenated alkanes) is 36. The third-order valence-corrected chi connectivity index (χ3v) is 10.4. The molecule has 0 aromatic carbocycles. The fourth-order valence-corrected chi connectivity index (χ4v) is 7.02. The highest BCUT2D eigenvalue weighted by molar-refractivity contribution is 5.69. The van der Waals surface area contributed by atoms with Crippen LogP contribution in [-0.2, 0) is 9.53 Å². The van der Waals surface area contributed by atoms with Gasteiger partial charge in [0.2, 0.25) is 0 Å². The Bertz CT molecular complexity index is 611. The minimum atomic E-state index is 0.0269. The molecule has 0 unspecified atom stereocenters. The molecular weight excluding hydrogens is 585 g/mol. The molecule has 0 heterocycles. The largest absolute Gasteiger partial charge is 0.466 e. The van der Waals surface area contributed by atoms with Crippen molar-refractivity contribution in [3.8, 4) is 0 Å². The summed E-state index contributed by atoms with van der Waals surface area (Å²) in [4.78, 5) is 12.0. The monoisotopic (exact) mass is 675 g/mol. The van der Waals surface area contributed by atoms with Crippen molar-refractivity contribution in [2.75, 3.05) is 6.61 Å². The van der Waals surface area contributed by atoms with Gasteiger partial charge in [0, 0.05) is 6.42 Å². The van der Waals surface area contributed by atoms with E-state index in [-0.39, 0.29) is 5.97 Å². The highest BCUT2D eigenvalue weighted by Gasteiger charge is 2.03. The number of allylic oxidation sites excluding steroid dienone is 2. The summed E-state index contributed by atoms with van der Waals surface area (Å²) >= 11 is 0. The van der Waals surface area contributed by atoms with Gasteiger partial charge in [-0.1, -0.05) is 238 Å². The Morgan fingerprint density at radius 3 is 0.917 bits per heavy atom. The molecule has 2 nitrogen and oxygen atoms in total. The van der Waals surface area contributed by atoms with Crippen LogP contribution in [0.1, 0.15) is 271 Å². The second-order valence-corrected chi connectivity index (χ2v) is 15.4. The molecule has 48 heavy (non-hydrogen) atoms. The quantitative estimate of drug-likeness (QED) is 0.0366. The summed E-state index contributed by atoms with van der Waals surface area (Å²) < 4.78 is 5.48. The fraction of sp³-hybridized carbons (Fsp3) is 0.935. The molecule has 0 atom stereocenters. The van der Waals surface area contributed by atoms with E-state index in [9.17, 15) is 4.79 Å². The van der Waals surface area contributed by atoms with E-state index < -0.39 is 0 Å². The van der Waals surface area contributed by atoms with Crippen molar-refractivity contribution in [3.63, 3.8) is 0 Å². The van der Waals surface area contributed by atoms with Crippen molar-refractivity contribution in [3.05, 3.63) is 12.2 Å².